The molecule has 8 heavy (non-hydrogen) atoms. The van der Waals surface area contributed by atoms with Crippen LogP contribution < -0.4 is 9.44 Å². The van der Waals surface area contributed by atoms with Gasteiger partial charge in [0.25, 0.3) is 0 Å². The molecule has 2 radical (unpaired) electrons. The first kappa shape index (κ1) is 5.81. The average Bonchev–Trinajstić information content (AvgIpc) is 1.77. The number of rotatable bonds is 0. The summed E-state index contributed by atoms with van der Waals surface area (Å²) in [4.78, 5) is 7.78. The third-order valence-electron chi connectivity index (χ3n) is 0.756. The number of nitrogens with zero attached hydrogens (tertiary/aromatic N) is 2. The van der Waals surface area contributed by atoms with Crippen LogP contribution in [0.4, 0.5) is 5.82 Å². The summed E-state index contributed by atoms with van der Waals surface area (Å²) < 4.78 is 0.915. The number of nitrogens with two attached hydrogens (primary N) is 1. The van der Waals surface area contributed by atoms with Gasteiger partial charge in [0.05, 0.1) is 0 Å². The molecule has 0 aromatic carbocycles. The molecule has 1 heterocycles. The SMILES string of the molecule is Nc1nccn[c]1[SnH]. The number of hydrogen-bond donors (Lipinski definition) is 1. The van der Waals surface area contributed by atoms with Crippen LogP contribution in [0.25, 0.3) is 0 Å². The van der Waals surface area contributed by atoms with E-state index in [0.717, 1.165) is 26.2 Å². The molecule has 0 aliphatic carbocycles. The number of hydrogen-bond acceptors (Lipinski definition) is 3. The Morgan fingerprint density at radius 3 is 2.38 bits per heavy atom. The van der Waals surface area contributed by atoms with Crippen molar-refractivity contribution in [3.63, 3.8) is 0 Å². The Morgan fingerprint density at radius 1 is 1.38 bits per heavy atom. The molecule has 1 rings (SSSR count). The van der Waals surface area contributed by atoms with E-state index in [1.54, 1.807) is 12.4 Å². The van der Waals surface area contributed by atoms with Crippen LogP contribution >= 0.6 is 0 Å². The molecule has 0 bridgehead atoms. The van der Waals surface area contributed by atoms with Crippen molar-refractivity contribution in [2.24, 2.45) is 0 Å². The fourth-order valence-corrected chi connectivity index (χ4v) is 0.818. The van der Waals surface area contributed by atoms with Crippen LogP contribution in [0.5, 0.6) is 0 Å². The zero-order valence-electron chi connectivity index (χ0n) is 4.20. The van der Waals surface area contributed by atoms with E-state index in [9.17, 15) is 0 Å². The number of anilines is 1. The van der Waals surface area contributed by atoms with Gasteiger partial charge < -0.3 is 0 Å². The van der Waals surface area contributed by atoms with Gasteiger partial charge in [-0.25, -0.2) is 0 Å². The fourth-order valence-electron chi connectivity index (χ4n) is 0.360. The zero-order valence-corrected chi connectivity index (χ0v) is 7.50. The first-order valence-corrected chi connectivity index (χ1v) is 3.77. The predicted molar refractivity (Wildman–Crippen MR) is 33.2 cm³/mol. The monoisotopic (exact) mass is 215 g/mol. The molecule has 0 aliphatic rings. The Hall–Kier alpha value is -0.321. The minimum atomic E-state index is 0.565. The van der Waals surface area contributed by atoms with E-state index in [0.29, 0.717) is 5.82 Å². The Kier molecular flexibility index (Phi) is 1.67. The molecule has 0 saturated heterocycles. The summed E-state index contributed by atoms with van der Waals surface area (Å²) in [6.07, 6.45) is 3.24. The van der Waals surface area contributed by atoms with Gasteiger partial charge in [0.1, 0.15) is 0 Å². The van der Waals surface area contributed by atoms with Gasteiger partial charge in [0.2, 0.25) is 0 Å². The zero-order chi connectivity index (χ0) is 5.98. The van der Waals surface area contributed by atoms with Gasteiger partial charge in [-0.15, -0.1) is 0 Å². The molecule has 0 spiro atoms. The number of aromatic nitrogens is 2. The van der Waals surface area contributed by atoms with Crippen LogP contribution in [0.2, 0.25) is 0 Å². The maximum atomic E-state index is 5.38. The van der Waals surface area contributed by atoms with E-state index < -0.39 is 0 Å². The third-order valence-corrected chi connectivity index (χ3v) is 2.03. The molecule has 0 saturated carbocycles. The average molecular weight is 214 g/mol. The van der Waals surface area contributed by atoms with Gasteiger partial charge >= 0.3 is 60.1 Å². The van der Waals surface area contributed by atoms with Gasteiger partial charge in [0, 0.05) is 0 Å². The normalized spacial score (nSPS) is 9.12. The topological polar surface area (TPSA) is 51.8 Å². The van der Waals surface area contributed by atoms with Crippen molar-refractivity contribution >= 4 is 32.1 Å². The van der Waals surface area contributed by atoms with Crippen LogP contribution in [-0.2, 0) is 0 Å². The summed E-state index contributed by atoms with van der Waals surface area (Å²) in [5, 5.41) is 0. The Labute approximate surface area is 60.4 Å². The molecular formula is C4H5N3Sn. The van der Waals surface area contributed by atoms with E-state index in [-0.39, 0.29) is 0 Å². The van der Waals surface area contributed by atoms with Crippen molar-refractivity contribution in [1.29, 1.82) is 0 Å². The Bertz CT molecular complexity index is 167. The molecular weight excluding hydrogens is 209 g/mol. The molecule has 0 unspecified atom stereocenters. The van der Waals surface area contributed by atoms with Crippen LogP contribution in [0.3, 0.4) is 0 Å². The van der Waals surface area contributed by atoms with Gasteiger partial charge in [-0.05, 0) is 0 Å². The second-order valence-corrected chi connectivity index (χ2v) is 2.89. The van der Waals surface area contributed by atoms with Crippen molar-refractivity contribution in [1.82, 2.24) is 9.97 Å². The molecule has 2 N–H and O–H groups in total. The minimum absolute atomic E-state index is 0.565. The standard InChI is InChI=1S/C4H4N3.Sn.H/c5-4-3-6-1-2-7-4;;/h1-2H,(H2,5,7);;. The van der Waals surface area contributed by atoms with E-state index in [1.807, 2.05) is 0 Å². The van der Waals surface area contributed by atoms with Crippen LogP contribution in [0, 0.1) is 0 Å². The summed E-state index contributed by atoms with van der Waals surface area (Å²) in [5.74, 6) is 0.565. The molecule has 1 aromatic heterocycles. The second-order valence-electron chi connectivity index (χ2n) is 1.33. The third kappa shape index (κ3) is 1.09. The fraction of sp³-hybridized carbons (Fsp3) is 0. The van der Waals surface area contributed by atoms with Crippen LogP contribution in [-0.4, -0.2) is 32.5 Å². The van der Waals surface area contributed by atoms with Crippen molar-refractivity contribution in [3.05, 3.63) is 12.4 Å². The van der Waals surface area contributed by atoms with Gasteiger partial charge in [-0.2, -0.15) is 0 Å². The summed E-state index contributed by atoms with van der Waals surface area (Å²) in [6.45, 7) is 0. The maximum absolute atomic E-state index is 5.38. The first-order valence-electron chi connectivity index (χ1n) is 2.12. The Balaban J connectivity index is 3.13. The summed E-state index contributed by atoms with van der Waals surface area (Å²) in [5.41, 5.74) is 5.38. The predicted octanol–water partition coefficient (Wildman–Crippen LogP) is -1.42. The van der Waals surface area contributed by atoms with Gasteiger partial charge in [-0.3, -0.25) is 0 Å². The molecule has 1 aromatic rings. The van der Waals surface area contributed by atoms with Crippen LogP contribution in [0.15, 0.2) is 12.4 Å². The quantitative estimate of drug-likeness (QED) is 0.539. The van der Waals surface area contributed by atoms with Crippen molar-refractivity contribution in [2.75, 3.05) is 5.73 Å². The molecule has 3 nitrogen and oxygen atoms in total. The molecule has 0 fully saturated rings. The van der Waals surface area contributed by atoms with E-state index >= 15 is 0 Å². The van der Waals surface area contributed by atoms with Crippen molar-refractivity contribution in [2.45, 2.75) is 0 Å². The molecule has 40 valence electrons. The molecule has 0 atom stereocenters. The van der Waals surface area contributed by atoms with Crippen molar-refractivity contribution < 1.29 is 0 Å². The molecule has 0 amide bonds. The second kappa shape index (κ2) is 2.30. The van der Waals surface area contributed by atoms with E-state index in [4.69, 9.17) is 5.73 Å². The van der Waals surface area contributed by atoms with Crippen LogP contribution in [0.1, 0.15) is 0 Å². The first-order chi connectivity index (χ1) is 3.80. The molecule has 4 heteroatoms. The van der Waals surface area contributed by atoms with E-state index in [2.05, 4.69) is 9.97 Å². The summed E-state index contributed by atoms with van der Waals surface area (Å²) >= 11 is 0.938. The summed E-state index contributed by atoms with van der Waals surface area (Å²) in [6, 6.07) is 0. The van der Waals surface area contributed by atoms with Crippen molar-refractivity contribution in [3.8, 4) is 0 Å². The van der Waals surface area contributed by atoms with Gasteiger partial charge in [-0.1, -0.05) is 0 Å². The van der Waals surface area contributed by atoms with E-state index in [1.165, 1.54) is 0 Å². The number of nitrogen functional groups attached to an aromatic ring is 1. The summed E-state index contributed by atoms with van der Waals surface area (Å²) in [7, 11) is 0. The Morgan fingerprint density at radius 2 is 2.00 bits per heavy atom. The molecule has 0 aliphatic heterocycles. The van der Waals surface area contributed by atoms with Gasteiger partial charge in [0.15, 0.2) is 0 Å².